The highest BCUT2D eigenvalue weighted by atomic mass is 32.2. The number of amides is 1. The normalized spacial score (nSPS) is 36.9. The number of fused-ring (bicyclic) bond motifs is 2. The van der Waals surface area contributed by atoms with Crippen molar-refractivity contribution in [3.05, 3.63) is 23.3 Å². The maximum atomic E-state index is 13.5. The number of rotatable bonds is 1. The van der Waals surface area contributed by atoms with Gasteiger partial charge in [-0.05, 0) is 60.3 Å². The molecule has 1 aromatic rings. The smallest absolute Gasteiger partial charge is 0.258 e. The van der Waals surface area contributed by atoms with Crippen molar-refractivity contribution in [1.82, 2.24) is 9.62 Å². The predicted molar refractivity (Wildman–Crippen MR) is 102 cm³/mol. The van der Waals surface area contributed by atoms with Gasteiger partial charge in [-0.3, -0.25) is 4.79 Å². The van der Waals surface area contributed by atoms with Gasteiger partial charge < -0.3 is 15.5 Å². The van der Waals surface area contributed by atoms with E-state index in [0.29, 0.717) is 24.4 Å². The van der Waals surface area contributed by atoms with E-state index in [1.165, 1.54) is 16.4 Å². The lowest BCUT2D eigenvalue weighted by Crippen LogP contribution is -2.49. The molecule has 0 radical (unpaired) electrons. The van der Waals surface area contributed by atoms with Crippen molar-refractivity contribution in [1.29, 1.82) is 0 Å². The van der Waals surface area contributed by atoms with E-state index in [9.17, 15) is 23.4 Å². The number of sulfonamides is 1. The average Bonchev–Trinajstić information content (AvgIpc) is 3.09. The predicted octanol–water partition coefficient (Wildman–Crippen LogP) is 1.65. The van der Waals surface area contributed by atoms with E-state index in [4.69, 9.17) is 0 Å². The van der Waals surface area contributed by atoms with Crippen molar-refractivity contribution in [2.45, 2.75) is 51.6 Å². The lowest BCUT2D eigenvalue weighted by molar-refractivity contribution is -0.131. The van der Waals surface area contributed by atoms with E-state index in [1.807, 2.05) is 0 Å². The summed E-state index contributed by atoms with van der Waals surface area (Å²) < 4.78 is 27.5. The fourth-order valence-corrected chi connectivity index (χ4v) is 9.06. The van der Waals surface area contributed by atoms with Crippen LogP contribution < -0.4 is 5.32 Å². The fraction of sp³-hybridized carbons (Fsp3) is 0.650. The fourth-order valence-electron chi connectivity index (χ4n) is 6.51. The van der Waals surface area contributed by atoms with E-state index < -0.39 is 22.0 Å². The lowest BCUT2D eigenvalue weighted by Gasteiger charge is -2.38. The third kappa shape index (κ3) is 2.08. The van der Waals surface area contributed by atoms with Crippen LogP contribution in [0.15, 0.2) is 12.1 Å². The minimum Gasteiger partial charge on any atom is -0.504 e. The summed E-state index contributed by atoms with van der Waals surface area (Å²) in [7, 11) is -3.70. The van der Waals surface area contributed by atoms with Crippen LogP contribution in [0.5, 0.6) is 11.5 Å². The maximum absolute atomic E-state index is 13.5. The molecule has 1 aromatic carbocycles. The van der Waals surface area contributed by atoms with Gasteiger partial charge in [0.2, 0.25) is 10.0 Å². The van der Waals surface area contributed by atoms with Crippen LogP contribution in [0.1, 0.15) is 50.3 Å². The first kappa shape index (κ1) is 18.2. The monoisotopic (exact) mass is 406 g/mol. The Kier molecular flexibility index (Phi) is 3.53. The number of hydrogen-bond acceptors (Lipinski definition) is 6. The molecule has 1 saturated heterocycles. The number of aromatic hydroxyl groups is 2. The molecule has 4 atom stereocenters. The summed E-state index contributed by atoms with van der Waals surface area (Å²) >= 11 is 0. The zero-order valence-corrected chi connectivity index (χ0v) is 16.9. The van der Waals surface area contributed by atoms with Crippen molar-refractivity contribution >= 4 is 15.9 Å². The maximum Gasteiger partial charge on any atom is 0.258 e. The van der Waals surface area contributed by atoms with Crippen molar-refractivity contribution in [2.75, 3.05) is 12.3 Å². The van der Waals surface area contributed by atoms with Crippen LogP contribution in [0.2, 0.25) is 0 Å². The molecule has 5 rings (SSSR count). The molecule has 0 unspecified atom stereocenters. The zero-order chi connectivity index (χ0) is 20.1. The molecular weight excluding hydrogens is 380 g/mol. The zero-order valence-electron chi connectivity index (χ0n) is 16.1. The first-order valence-electron chi connectivity index (χ1n) is 9.92. The molecule has 3 fully saturated rings. The Balaban J connectivity index is 1.56. The van der Waals surface area contributed by atoms with Crippen molar-refractivity contribution in [3.8, 4) is 11.5 Å². The summed E-state index contributed by atoms with van der Waals surface area (Å²) in [6, 6.07) is 1.73. The average molecular weight is 407 g/mol. The van der Waals surface area contributed by atoms with Crippen LogP contribution in [-0.2, 0) is 21.2 Å². The number of benzene rings is 1. The van der Waals surface area contributed by atoms with Gasteiger partial charge in [0.1, 0.15) is 6.04 Å². The Bertz CT molecular complexity index is 989. The number of carbonyl (C=O) groups is 1. The summed E-state index contributed by atoms with van der Waals surface area (Å²) in [6.07, 6.45) is 3.21. The number of phenols is 2. The molecule has 7 nitrogen and oxygen atoms in total. The Morgan fingerprint density at radius 3 is 2.68 bits per heavy atom. The van der Waals surface area contributed by atoms with Crippen LogP contribution in [0.3, 0.4) is 0 Å². The Hall–Kier alpha value is -1.80. The van der Waals surface area contributed by atoms with Crippen LogP contribution >= 0.6 is 0 Å². The largest absolute Gasteiger partial charge is 0.504 e. The minimum absolute atomic E-state index is 0.0420. The van der Waals surface area contributed by atoms with E-state index in [-0.39, 0.29) is 34.1 Å². The molecule has 3 N–H and O–H groups in total. The number of nitrogens with one attached hydrogen (secondary N) is 1. The topological polar surface area (TPSA) is 107 Å². The standard InChI is InChI=1S/C20H26N2O5S/c1-19(2)12-3-5-20(19)10-28(26,27)22(16(20)8-12)18(25)17-13-9-15(24)14(23)7-11(13)4-6-21-17/h7,9,12,16-17,21,23-24H,3-6,8,10H2,1-2H3/t12-,16-,17-,20-/m1/s1. The highest BCUT2D eigenvalue weighted by molar-refractivity contribution is 7.90. The van der Waals surface area contributed by atoms with Gasteiger partial charge >= 0.3 is 0 Å². The van der Waals surface area contributed by atoms with Gasteiger partial charge in [-0.15, -0.1) is 0 Å². The third-order valence-electron chi connectivity index (χ3n) is 8.17. The molecule has 1 spiro atoms. The molecular formula is C20H26N2O5S. The summed E-state index contributed by atoms with van der Waals surface area (Å²) in [4.78, 5) is 13.5. The second-order valence-corrected chi connectivity index (χ2v) is 11.3. The first-order valence-corrected chi connectivity index (χ1v) is 11.5. The van der Waals surface area contributed by atoms with Gasteiger partial charge in [-0.25, -0.2) is 12.7 Å². The quantitative estimate of drug-likeness (QED) is 0.612. The molecule has 4 aliphatic rings. The molecule has 28 heavy (non-hydrogen) atoms. The van der Waals surface area contributed by atoms with E-state index >= 15 is 0 Å². The number of phenolic OH excluding ortho intramolecular Hbond substituents is 2. The van der Waals surface area contributed by atoms with Gasteiger partial charge in [-0.2, -0.15) is 0 Å². The van der Waals surface area contributed by atoms with E-state index in [1.54, 1.807) is 0 Å². The van der Waals surface area contributed by atoms with Crippen LogP contribution in [0, 0.1) is 16.7 Å². The van der Waals surface area contributed by atoms with Crippen LogP contribution in [-0.4, -0.2) is 47.2 Å². The van der Waals surface area contributed by atoms with Crippen LogP contribution in [0.4, 0.5) is 0 Å². The van der Waals surface area contributed by atoms with Crippen LogP contribution in [0.25, 0.3) is 0 Å². The third-order valence-corrected chi connectivity index (χ3v) is 10.1. The molecule has 8 heteroatoms. The highest BCUT2D eigenvalue weighted by Crippen LogP contribution is 2.70. The van der Waals surface area contributed by atoms with Gasteiger partial charge in [0, 0.05) is 12.0 Å². The molecule has 1 amide bonds. The highest BCUT2D eigenvalue weighted by Gasteiger charge is 2.72. The van der Waals surface area contributed by atoms with Gasteiger partial charge in [0.05, 0.1) is 11.8 Å². The molecule has 2 aliphatic carbocycles. The second-order valence-electron chi connectivity index (χ2n) is 9.43. The first-order chi connectivity index (χ1) is 13.1. The Morgan fingerprint density at radius 1 is 1.25 bits per heavy atom. The number of carbonyl (C=O) groups excluding carboxylic acids is 1. The molecule has 2 bridgehead atoms. The Morgan fingerprint density at radius 2 is 1.96 bits per heavy atom. The second kappa shape index (κ2) is 5.42. The minimum atomic E-state index is -3.70. The van der Waals surface area contributed by atoms with Gasteiger partial charge in [0.25, 0.3) is 5.91 Å². The lowest BCUT2D eigenvalue weighted by atomic mass is 9.69. The molecule has 152 valence electrons. The Labute approximate surface area is 164 Å². The van der Waals surface area contributed by atoms with Gasteiger partial charge in [-0.1, -0.05) is 13.8 Å². The van der Waals surface area contributed by atoms with Crippen molar-refractivity contribution in [3.63, 3.8) is 0 Å². The molecule has 2 saturated carbocycles. The van der Waals surface area contributed by atoms with E-state index in [2.05, 4.69) is 19.2 Å². The van der Waals surface area contributed by atoms with E-state index in [0.717, 1.165) is 24.8 Å². The SMILES string of the molecule is CC1(C)[C@@H]2CC[C@]13CS(=O)(=O)N(C(=O)[C@@H]1NCCc4cc(O)c(O)cc41)[C@@H]3C2. The summed E-state index contributed by atoms with van der Waals surface area (Å²) in [5, 5.41) is 22.8. The van der Waals surface area contributed by atoms with Gasteiger partial charge in [0.15, 0.2) is 11.5 Å². The summed E-state index contributed by atoms with van der Waals surface area (Å²) in [6.45, 7) is 4.82. The van der Waals surface area contributed by atoms with Crippen molar-refractivity contribution < 1.29 is 23.4 Å². The molecule has 2 heterocycles. The molecule has 0 aromatic heterocycles. The summed E-state index contributed by atoms with van der Waals surface area (Å²) in [5.41, 5.74) is 0.847. The number of hydrogen-bond donors (Lipinski definition) is 3. The number of nitrogens with zero attached hydrogens (tertiary/aromatic N) is 1. The summed E-state index contributed by atoms with van der Waals surface area (Å²) in [5.74, 6) is -0.510. The van der Waals surface area contributed by atoms with Crippen molar-refractivity contribution in [2.24, 2.45) is 16.7 Å². The molecule has 2 aliphatic heterocycles.